The Kier molecular flexibility index (Phi) is 6.17. The predicted molar refractivity (Wildman–Crippen MR) is 74.7 cm³/mol. The summed E-state index contributed by atoms with van der Waals surface area (Å²) in [6.07, 6.45) is 1.51. The Labute approximate surface area is 119 Å². The first kappa shape index (κ1) is 15.8. The summed E-state index contributed by atoms with van der Waals surface area (Å²) < 4.78 is 13.5. The lowest BCUT2D eigenvalue weighted by molar-refractivity contribution is -0.384. The zero-order chi connectivity index (χ0) is 14.4. The molecule has 7 heteroatoms. The van der Waals surface area contributed by atoms with Gasteiger partial charge in [-0.25, -0.2) is 4.39 Å². The lowest BCUT2D eigenvalue weighted by Gasteiger charge is -2.13. The highest BCUT2D eigenvalue weighted by Crippen LogP contribution is 2.30. The summed E-state index contributed by atoms with van der Waals surface area (Å²) in [6.45, 7) is 2.64. The number of nitro benzene ring substituents is 1. The minimum absolute atomic E-state index is 0.132. The number of halogens is 2. The van der Waals surface area contributed by atoms with Gasteiger partial charge >= 0.3 is 0 Å². The summed E-state index contributed by atoms with van der Waals surface area (Å²) in [5.41, 5.74) is 0.00387. The maximum atomic E-state index is 13.3. The van der Waals surface area contributed by atoms with Gasteiger partial charge in [-0.05, 0) is 40.8 Å². The zero-order valence-corrected chi connectivity index (χ0v) is 12.1. The number of nitrogens with zero attached hydrogens (tertiary/aromatic N) is 1. The van der Waals surface area contributed by atoms with Crippen LogP contribution in [-0.2, 0) is 0 Å². The number of anilines is 1. The number of benzene rings is 1. The Morgan fingerprint density at radius 2 is 2.26 bits per heavy atom. The van der Waals surface area contributed by atoms with Crippen LogP contribution >= 0.6 is 15.9 Å². The van der Waals surface area contributed by atoms with E-state index >= 15 is 0 Å². The molecule has 1 aromatic rings. The highest BCUT2D eigenvalue weighted by Gasteiger charge is 2.17. The molecule has 0 aliphatic heterocycles. The number of hydrogen-bond acceptors (Lipinski definition) is 4. The molecule has 106 valence electrons. The molecule has 0 heterocycles. The van der Waals surface area contributed by atoms with E-state index in [4.69, 9.17) is 5.11 Å². The molecule has 0 aliphatic carbocycles. The van der Waals surface area contributed by atoms with Gasteiger partial charge in [-0.15, -0.1) is 0 Å². The first-order valence-corrected chi connectivity index (χ1v) is 6.73. The first-order chi connectivity index (χ1) is 8.95. The van der Waals surface area contributed by atoms with E-state index in [1.54, 1.807) is 0 Å². The van der Waals surface area contributed by atoms with E-state index in [9.17, 15) is 14.5 Å². The Balaban J connectivity index is 2.77. The Hall–Kier alpha value is -1.21. The van der Waals surface area contributed by atoms with Crippen LogP contribution in [0.5, 0.6) is 0 Å². The van der Waals surface area contributed by atoms with Crippen molar-refractivity contribution < 1.29 is 14.4 Å². The lowest BCUT2D eigenvalue weighted by Crippen LogP contribution is -2.13. The second-order valence-electron chi connectivity index (χ2n) is 4.39. The van der Waals surface area contributed by atoms with E-state index < -0.39 is 10.7 Å². The maximum Gasteiger partial charge on any atom is 0.295 e. The van der Waals surface area contributed by atoms with Crippen molar-refractivity contribution in [1.82, 2.24) is 0 Å². The summed E-state index contributed by atoms with van der Waals surface area (Å²) in [5.74, 6) is -0.402. The van der Waals surface area contributed by atoms with Gasteiger partial charge in [0.1, 0.15) is 11.5 Å². The highest BCUT2D eigenvalue weighted by molar-refractivity contribution is 9.10. The largest absolute Gasteiger partial charge is 0.396 e. The number of aliphatic hydroxyl groups is 1. The molecule has 0 aromatic heterocycles. The smallest absolute Gasteiger partial charge is 0.295 e. The maximum absolute atomic E-state index is 13.3. The van der Waals surface area contributed by atoms with E-state index in [1.165, 1.54) is 6.07 Å². The van der Waals surface area contributed by atoms with Crippen LogP contribution in [0.4, 0.5) is 15.8 Å². The molecule has 0 spiro atoms. The predicted octanol–water partition coefficient (Wildman–Crippen LogP) is 3.32. The summed E-state index contributed by atoms with van der Waals surface area (Å²) in [7, 11) is 0. The second kappa shape index (κ2) is 7.40. The van der Waals surface area contributed by atoms with Gasteiger partial charge in [-0.3, -0.25) is 10.1 Å². The van der Waals surface area contributed by atoms with Crippen molar-refractivity contribution in [2.45, 2.75) is 19.8 Å². The van der Waals surface area contributed by atoms with Gasteiger partial charge in [0.25, 0.3) is 5.69 Å². The molecule has 2 N–H and O–H groups in total. The number of nitrogens with one attached hydrogen (secondary N) is 1. The van der Waals surface area contributed by atoms with Gasteiger partial charge in [0, 0.05) is 13.2 Å². The number of aliphatic hydroxyl groups excluding tert-OH is 1. The summed E-state index contributed by atoms with van der Waals surface area (Å²) >= 11 is 3.01. The fourth-order valence-electron chi connectivity index (χ4n) is 1.65. The van der Waals surface area contributed by atoms with Crippen LogP contribution < -0.4 is 5.32 Å². The van der Waals surface area contributed by atoms with Crippen molar-refractivity contribution in [2.24, 2.45) is 5.92 Å². The zero-order valence-electron chi connectivity index (χ0n) is 10.5. The van der Waals surface area contributed by atoms with E-state index in [2.05, 4.69) is 21.2 Å². The van der Waals surface area contributed by atoms with Crippen LogP contribution in [0.15, 0.2) is 16.6 Å². The normalized spacial score (nSPS) is 12.2. The summed E-state index contributed by atoms with van der Waals surface area (Å²) in [5, 5.41) is 22.5. The van der Waals surface area contributed by atoms with Gasteiger partial charge in [0.15, 0.2) is 0 Å². The first-order valence-electron chi connectivity index (χ1n) is 5.94. The molecular weight excluding hydrogens is 319 g/mol. The van der Waals surface area contributed by atoms with Crippen LogP contribution in [0.25, 0.3) is 0 Å². The van der Waals surface area contributed by atoms with Crippen molar-refractivity contribution in [3.05, 3.63) is 32.5 Å². The Bertz CT molecular complexity index is 457. The molecule has 1 atom stereocenters. The molecule has 0 saturated carbocycles. The van der Waals surface area contributed by atoms with Gasteiger partial charge < -0.3 is 10.4 Å². The molecule has 5 nitrogen and oxygen atoms in total. The van der Waals surface area contributed by atoms with E-state index in [-0.39, 0.29) is 28.4 Å². The van der Waals surface area contributed by atoms with Gasteiger partial charge in [0.2, 0.25) is 0 Å². The fourth-order valence-corrected chi connectivity index (χ4v) is 2.00. The minimum atomic E-state index is -0.662. The Morgan fingerprint density at radius 3 is 2.84 bits per heavy atom. The molecule has 0 amide bonds. The molecule has 0 saturated heterocycles. The number of hydrogen-bond donors (Lipinski definition) is 2. The van der Waals surface area contributed by atoms with Crippen LogP contribution in [0.1, 0.15) is 19.8 Å². The number of nitro groups is 1. The Morgan fingerprint density at radius 1 is 1.58 bits per heavy atom. The molecule has 0 fully saturated rings. The average molecular weight is 335 g/mol. The van der Waals surface area contributed by atoms with E-state index in [1.807, 2.05) is 6.92 Å². The molecule has 1 aromatic carbocycles. The fraction of sp³-hybridized carbons (Fsp3) is 0.500. The van der Waals surface area contributed by atoms with E-state index in [0.29, 0.717) is 13.0 Å². The molecular formula is C12H16BrFN2O3. The van der Waals surface area contributed by atoms with Gasteiger partial charge in [-0.2, -0.15) is 0 Å². The van der Waals surface area contributed by atoms with Crippen molar-refractivity contribution in [2.75, 3.05) is 18.5 Å². The summed E-state index contributed by atoms with van der Waals surface area (Å²) in [4.78, 5) is 10.2. The molecule has 19 heavy (non-hydrogen) atoms. The quantitative estimate of drug-likeness (QED) is 0.592. The SMILES string of the molecule is C[C@H](CCCO)CNc1cc(Br)c(F)cc1[N+](=O)[O-]. The van der Waals surface area contributed by atoms with Crippen LogP contribution in [-0.4, -0.2) is 23.2 Å². The van der Waals surface area contributed by atoms with E-state index in [0.717, 1.165) is 12.5 Å². The van der Waals surface area contributed by atoms with Gasteiger partial charge in [0.05, 0.1) is 15.5 Å². The third kappa shape index (κ3) is 4.76. The topological polar surface area (TPSA) is 75.4 Å². The van der Waals surface area contributed by atoms with Gasteiger partial charge in [-0.1, -0.05) is 6.92 Å². The lowest BCUT2D eigenvalue weighted by atomic mass is 10.1. The van der Waals surface area contributed by atoms with Crippen molar-refractivity contribution >= 4 is 27.3 Å². The highest BCUT2D eigenvalue weighted by atomic mass is 79.9. The van der Waals surface area contributed by atoms with Crippen molar-refractivity contribution in [3.63, 3.8) is 0 Å². The second-order valence-corrected chi connectivity index (χ2v) is 5.25. The van der Waals surface area contributed by atoms with Crippen molar-refractivity contribution in [1.29, 1.82) is 0 Å². The monoisotopic (exact) mass is 334 g/mol. The summed E-state index contributed by atoms with van der Waals surface area (Å²) in [6, 6.07) is 2.26. The molecule has 1 rings (SSSR count). The molecule has 0 aliphatic rings. The van der Waals surface area contributed by atoms with Crippen molar-refractivity contribution in [3.8, 4) is 0 Å². The van der Waals surface area contributed by atoms with Crippen LogP contribution in [0, 0.1) is 21.8 Å². The van der Waals surface area contributed by atoms with Crippen LogP contribution in [0.3, 0.4) is 0 Å². The standard InChI is InChI=1S/C12H16BrFN2O3/c1-8(3-2-4-17)7-15-11-5-9(13)10(14)6-12(11)16(18)19/h5-6,8,15,17H,2-4,7H2,1H3/t8-/m1/s1. The molecule has 0 radical (unpaired) electrons. The van der Waals surface area contributed by atoms with Crippen LogP contribution in [0.2, 0.25) is 0 Å². The minimum Gasteiger partial charge on any atom is -0.396 e. The number of rotatable bonds is 7. The third-order valence-electron chi connectivity index (χ3n) is 2.73. The third-order valence-corrected chi connectivity index (χ3v) is 3.34. The molecule has 0 bridgehead atoms. The molecule has 0 unspecified atom stereocenters. The average Bonchev–Trinajstić information content (AvgIpc) is 2.36.